The highest BCUT2D eigenvalue weighted by molar-refractivity contribution is 9.10. The molecule has 0 bridgehead atoms. The van der Waals surface area contributed by atoms with E-state index in [2.05, 4.69) is 21.2 Å². The molecular weight excluding hydrogens is 345 g/mol. The lowest BCUT2D eigenvalue weighted by atomic mass is 10.1. The first kappa shape index (κ1) is 15.7. The molecule has 0 saturated carbocycles. The lowest BCUT2D eigenvalue weighted by Gasteiger charge is -2.18. The number of anilines is 2. The van der Waals surface area contributed by atoms with E-state index in [4.69, 9.17) is 5.73 Å². The highest BCUT2D eigenvalue weighted by atomic mass is 79.9. The fourth-order valence-corrected chi connectivity index (χ4v) is 2.45. The smallest absolute Gasteiger partial charge is 0.399 e. The van der Waals surface area contributed by atoms with Gasteiger partial charge in [-0.15, -0.1) is 0 Å². The Labute approximate surface area is 129 Å². The Kier molecular flexibility index (Phi) is 4.46. The molecule has 21 heavy (non-hydrogen) atoms. The van der Waals surface area contributed by atoms with Crippen molar-refractivity contribution in [1.82, 2.24) is 0 Å². The van der Waals surface area contributed by atoms with Crippen molar-refractivity contribution in [3.63, 3.8) is 0 Å². The van der Waals surface area contributed by atoms with Crippen LogP contribution in [0.2, 0.25) is 0 Å². The molecule has 1 unspecified atom stereocenters. The van der Waals surface area contributed by atoms with Crippen LogP contribution in [-0.4, -0.2) is 0 Å². The van der Waals surface area contributed by atoms with Gasteiger partial charge in [0.2, 0.25) is 0 Å². The molecule has 0 aliphatic rings. The predicted octanol–water partition coefficient (Wildman–Crippen LogP) is 5.22. The minimum absolute atomic E-state index is 0.0819. The molecule has 0 amide bonds. The molecule has 0 radical (unpaired) electrons. The summed E-state index contributed by atoms with van der Waals surface area (Å²) >= 11 is 3.17. The molecule has 0 aliphatic carbocycles. The molecule has 0 aliphatic heterocycles. The van der Waals surface area contributed by atoms with Crippen LogP contribution in [0.3, 0.4) is 0 Å². The molecule has 2 aromatic rings. The topological polar surface area (TPSA) is 38.0 Å². The Morgan fingerprint density at radius 3 is 2.43 bits per heavy atom. The molecule has 0 aromatic heterocycles. The van der Waals surface area contributed by atoms with Gasteiger partial charge < -0.3 is 11.1 Å². The molecule has 0 saturated heterocycles. The number of hydrogen-bond acceptors (Lipinski definition) is 2. The maximum atomic E-state index is 12.6. The van der Waals surface area contributed by atoms with E-state index >= 15 is 0 Å². The molecule has 3 N–H and O–H groups in total. The standard InChI is InChI=1S/C15H14BrF3N2/c1-9(10-3-2-4-12(20)7-10)21-14-6-5-11(8-13(14)16)15(17,18)19/h2-9,21H,20H2,1H3. The number of nitrogen functional groups attached to an aromatic ring is 1. The molecular formula is C15H14BrF3N2. The lowest BCUT2D eigenvalue weighted by Crippen LogP contribution is -2.09. The first-order chi connectivity index (χ1) is 9.77. The summed E-state index contributed by atoms with van der Waals surface area (Å²) in [5, 5.41) is 3.16. The second-order valence-electron chi connectivity index (χ2n) is 4.73. The summed E-state index contributed by atoms with van der Waals surface area (Å²) in [4.78, 5) is 0. The van der Waals surface area contributed by atoms with Crippen LogP contribution >= 0.6 is 15.9 Å². The normalized spacial score (nSPS) is 13.0. The molecule has 2 aromatic carbocycles. The van der Waals surface area contributed by atoms with Crippen LogP contribution in [0, 0.1) is 0 Å². The van der Waals surface area contributed by atoms with Crippen molar-refractivity contribution < 1.29 is 13.2 Å². The molecule has 0 heterocycles. The molecule has 2 rings (SSSR count). The van der Waals surface area contributed by atoms with Gasteiger partial charge in [0, 0.05) is 21.9 Å². The van der Waals surface area contributed by atoms with Gasteiger partial charge in [0.15, 0.2) is 0 Å². The van der Waals surface area contributed by atoms with E-state index < -0.39 is 11.7 Å². The number of nitrogens with one attached hydrogen (secondary N) is 1. The third-order valence-corrected chi connectivity index (χ3v) is 3.74. The summed E-state index contributed by atoms with van der Waals surface area (Å²) in [5.41, 5.74) is 7.24. The van der Waals surface area contributed by atoms with Crippen LogP contribution in [0.1, 0.15) is 24.1 Å². The zero-order valence-corrected chi connectivity index (χ0v) is 12.8. The van der Waals surface area contributed by atoms with Gasteiger partial charge in [-0.25, -0.2) is 0 Å². The Balaban J connectivity index is 2.20. The minimum atomic E-state index is -4.35. The predicted molar refractivity (Wildman–Crippen MR) is 82.0 cm³/mol. The fraction of sp³-hybridized carbons (Fsp3) is 0.200. The molecule has 0 fully saturated rings. The minimum Gasteiger partial charge on any atom is -0.399 e. The quantitative estimate of drug-likeness (QED) is 0.737. The second kappa shape index (κ2) is 5.97. The van der Waals surface area contributed by atoms with Gasteiger partial charge in [0.05, 0.1) is 5.56 Å². The first-order valence-corrected chi connectivity index (χ1v) is 7.05. The van der Waals surface area contributed by atoms with Crippen molar-refractivity contribution in [1.29, 1.82) is 0 Å². The zero-order chi connectivity index (χ0) is 15.6. The van der Waals surface area contributed by atoms with Crippen LogP contribution in [0.25, 0.3) is 0 Å². The molecule has 112 valence electrons. The van der Waals surface area contributed by atoms with Gasteiger partial charge in [0.25, 0.3) is 0 Å². The molecule has 1 atom stereocenters. The van der Waals surface area contributed by atoms with Crippen molar-refractivity contribution in [3.05, 3.63) is 58.1 Å². The van der Waals surface area contributed by atoms with Crippen molar-refractivity contribution in [3.8, 4) is 0 Å². The summed E-state index contributed by atoms with van der Waals surface area (Å²) < 4.78 is 38.2. The van der Waals surface area contributed by atoms with Gasteiger partial charge in [-0.2, -0.15) is 13.2 Å². The van der Waals surface area contributed by atoms with Crippen LogP contribution in [0.5, 0.6) is 0 Å². The zero-order valence-electron chi connectivity index (χ0n) is 11.2. The summed E-state index contributed by atoms with van der Waals surface area (Å²) in [7, 11) is 0. The number of alkyl halides is 3. The van der Waals surface area contributed by atoms with E-state index in [1.807, 2.05) is 25.1 Å². The Hall–Kier alpha value is -1.69. The summed E-state index contributed by atoms with van der Waals surface area (Å²) in [6.45, 7) is 1.92. The van der Waals surface area contributed by atoms with Crippen LogP contribution in [-0.2, 0) is 6.18 Å². The van der Waals surface area contributed by atoms with Gasteiger partial charge >= 0.3 is 6.18 Å². The molecule has 2 nitrogen and oxygen atoms in total. The highest BCUT2D eigenvalue weighted by Gasteiger charge is 2.30. The van der Waals surface area contributed by atoms with E-state index in [0.29, 0.717) is 15.8 Å². The van der Waals surface area contributed by atoms with E-state index in [-0.39, 0.29) is 6.04 Å². The van der Waals surface area contributed by atoms with Crippen LogP contribution in [0.15, 0.2) is 46.9 Å². The van der Waals surface area contributed by atoms with Crippen molar-refractivity contribution in [2.75, 3.05) is 11.1 Å². The summed E-state index contributed by atoms with van der Waals surface area (Å²) in [6.07, 6.45) is -4.35. The third kappa shape index (κ3) is 3.91. The molecule has 0 spiro atoms. The maximum Gasteiger partial charge on any atom is 0.416 e. The van der Waals surface area contributed by atoms with Gasteiger partial charge in [0.1, 0.15) is 0 Å². The second-order valence-corrected chi connectivity index (χ2v) is 5.58. The van der Waals surface area contributed by atoms with Crippen molar-refractivity contribution in [2.24, 2.45) is 0 Å². The number of halogens is 4. The van der Waals surface area contributed by atoms with Crippen LogP contribution < -0.4 is 11.1 Å². The number of nitrogens with two attached hydrogens (primary N) is 1. The van der Waals surface area contributed by atoms with Gasteiger partial charge in [-0.05, 0) is 58.7 Å². The largest absolute Gasteiger partial charge is 0.416 e. The van der Waals surface area contributed by atoms with Crippen LogP contribution in [0.4, 0.5) is 24.5 Å². The van der Waals surface area contributed by atoms with E-state index in [1.165, 1.54) is 6.07 Å². The van der Waals surface area contributed by atoms with E-state index in [1.54, 1.807) is 6.07 Å². The molecule has 6 heteroatoms. The highest BCUT2D eigenvalue weighted by Crippen LogP contribution is 2.35. The number of hydrogen-bond donors (Lipinski definition) is 2. The third-order valence-electron chi connectivity index (χ3n) is 3.08. The summed E-state index contributed by atoms with van der Waals surface area (Å²) in [6, 6.07) is 10.8. The van der Waals surface area contributed by atoms with Gasteiger partial charge in [-0.1, -0.05) is 12.1 Å². The SMILES string of the molecule is CC(Nc1ccc(C(F)(F)F)cc1Br)c1cccc(N)c1. The van der Waals surface area contributed by atoms with Gasteiger partial charge in [-0.3, -0.25) is 0 Å². The lowest BCUT2D eigenvalue weighted by molar-refractivity contribution is -0.137. The van der Waals surface area contributed by atoms with E-state index in [9.17, 15) is 13.2 Å². The average molecular weight is 359 g/mol. The monoisotopic (exact) mass is 358 g/mol. The Morgan fingerprint density at radius 1 is 1.14 bits per heavy atom. The fourth-order valence-electron chi connectivity index (χ4n) is 1.95. The van der Waals surface area contributed by atoms with Crippen molar-refractivity contribution in [2.45, 2.75) is 19.1 Å². The Bertz CT molecular complexity index is 641. The Morgan fingerprint density at radius 2 is 1.86 bits per heavy atom. The van der Waals surface area contributed by atoms with Crippen molar-refractivity contribution >= 4 is 27.3 Å². The van der Waals surface area contributed by atoms with E-state index in [0.717, 1.165) is 17.7 Å². The number of benzene rings is 2. The average Bonchev–Trinajstić information content (AvgIpc) is 2.39. The first-order valence-electron chi connectivity index (χ1n) is 6.26. The maximum absolute atomic E-state index is 12.6. The summed E-state index contributed by atoms with van der Waals surface area (Å²) in [5.74, 6) is 0. The number of rotatable bonds is 3.